The van der Waals surface area contributed by atoms with E-state index < -0.39 is 28.9 Å². The number of halogens is 2. The summed E-state index contributed by atoms with van der Waals surface area (Å²) in [5.74, 6) is -2.96. The van der Waals surface area contributed by atoms with Crippen LogP contribution in [0.1, 0.15) is 42.4 Å². The number of amides is 1. The van der Waals surface area contributed by atoms with Crippen molar-refractivity contribution in [2.45, 2.75) is 26.2 Å². The first-order valence-electron chi connectivity index (χ1n) is 10.4. The lowest BCUT2D eigenvalue weighted by atomic mass is 9.82. The van der Waals surface area contributed by atoms with Gasteiger partial charge in [0, 0.05) is 35.2 Å². The van der Waals surface area contributed by atoms with Gasteiger partial charge in [0.1, 0.15) is 5.65 Å². The molecule has 1 aliphatic heterocycles. The van der Waals surface area contributed by atoms with E-state index in [1.54, 1.807) is 13.0 Å². The lowest BCUT2D eigenvalue weighted by Gasteiger charge is -2.29. The largest absolute Gasteiger partial charge is 0.481 e. The maximum absolute atomic E-state index is 13.8. The van der Waals surface area contributed by atoms with Gasteiger partial charge < -0.3 is 19.4 Å². The van der Waals surface area contributed by atoms with E-state index in [1.165, 1.54) is 24.3 Å². The molecular weight excluding hydrogens is 432 g/mol. The summed E-state index contributed by atoms with van der Waals surface area (Å²) in [6, 6.07) is 6.51. The highest BCUT2D eigenvalue weighted by atomic mass is 19.2. The summed E-state index contributed by atoms with van der Waals surface area (Å²) in [5.41, 5.74) is 1.24. The van der Waals surface area contributed by atoms with Gasteiger partial charge in [-0.15, -0.1) is 0 Å². The van der Waals surface area contributed by atoms with E-state index in [1.807, 2.05) is 19.9 Å². The molecule has 1 aliphatic rings. The fourth-order valence-corrected chi connectivity index (χ4v) is 4.13. The van der Waals surface area contributed by atoms with E-state index in [0.29, 0.717) is 17.2 Å². The predicted octanol–water partition coefficient (Wildman–Crippen LogP) is 4.19. The Balaban J connectivity index is 1.90. The zero-order chi connectivity index (χ0) is 23.9. The molecule has 172 valence electrons. The fraction of sp³-hybridized carbons (Fsp3) is 0.292. The van der Waals surface area contributed by atoms with Crippen LogP contribution in [0.3, 0.4) is 0 Å². The smallest absolute Gasteiger partial charge is 0.341 e. The zero-order valence-corrected chi connectivity index (χ0v) is 18.7. The van der Waals surface area contributed by atoms with Gasteiger partial charge in [-0.3, -0.25) is 4.79 Å². The van der Waals surface area contributed by atoms with Gasteiger partial charge in [0.2, 0.25) is 5.88 Å². The standard InChI is InChI=1S/C24H23F2N3O4/c1-5-33-23(31)15-11-29(22(30)13-6-8-16(25)17(26)10-13)12-24(2,3)19-14-7-9-18(32-4)27-21(14)28-20(15)19/h6-11H,5,12H2,1-4H3,(H,27,28). The van der Waals surface area contributed by atoms with E-state index in [9.17, 15) is 18.4 Å². The maximum atomic E-state index is 13.8. The molecule has 0 aliphatic carbocycles. The highest BCUT2D eigenvalue weighted by molar-refractivity contribution is 6.18. The first-order valence-corrected chi connectivity index (χ1v) is 10.4. The topological polar surface area (TPSA) is 84.5 Å². The van der Waals surface area contributed by atoms with E-state index in [0.717, 1.165) is 23.1 Å². The molecule has 0 saturated carbocycles. The molecule has 9 heteroatoms. The number of nitrogens with zero attached hydrogens (tertiary/aromatic N) is 2. The molecule has 1 aromatic carbocycles. The zero-order valence-electron chi connectivity index (χ0n) is 18.7. The number of carbonyl (C=O) groups is 2. The third-order valence-corrected chi connectivity index (χ3v) is 5.56. The number of esters is 1. The second-order valence-corrected chi connectivity index (χ2v) is 8.33. The second-order valence-electron chi connectivity index (χ2n) is 8.33. The third-order valence-electron chi connectivity index (χ3n) is 5.56. The van der Waals surface area contributed by atoms with Crippen molar-refractivity contribution in [2.75, 3.05) is 20.3 Å². The summed E-state index contributed by atoms with van der Waals surface area (Å²) < 4.78 is 37.6. The number of fused-ring (bicyclic) bond motifs is 3. The number of hydrogen-bond donors (Lipinski definition) is 1. The van der Waals surface area contributed by atoms with Crippen LogP contribution in [0.2, 0.25) is 0 Å². The van der Waals surface area contributed by atoms with E-state index in [2.05, 4.69) is 9.97 Å². The molecule has 4 rings (SSSR count). The molecule has 0 unspecified atom stereocenters. The number of pyridine rings is 1. The summed E-state index contributed by atoms with van der Waals surface area (Å²) in [6.07, 6.45) is 1.39. The van der Waals surface area contributed by atoms with Crippen LogP contribution < -0.4 is 4.74 Å². The SMILES string of the molecule is CCOC(=O)C1=CN(C(=O)c2ccc(F)c(F)c2)CC(C)(C)c2c1[nH]c1nc(OC)ccc21. The lowest BCUT2D eigenvalue weighted by Crippen LogP contribution is -2.37. The van der Waals surface area contributed by atoms with Gasteiger partial charge in [0.15, 0.2) is 11.6 Å². The molecule has 0 bridgehead atoms. The number of benzene rings is 1. The summed E-state index contributed by atoms with van der Waals surface area (Å²) in [7, 11) is 1.51. The van der Waals surface area contributed by atoms with Crippen LogP contribution in [-0.4, -0.2) is 47.0 Å². The number of methoxy groups -OCH3 is 1. The van der Waals surface area contributed by atoms with E-state index in [-0.39, 0.29) is 24.3 Å². The Morgan fingerprint density at radius 2 is 1.94 bits per heavy atom. The second kappa shape index (κ2) is 8.31. The van der Waals surface area contributed by atoms with Gasteiger partial charge in [-0.05, 0) is 36.8 Å². The Morgan fingerprint density at radius 3 is 2.61 bits per heavy atom. The summed E-state index contributed by atoms with van der Waals surface area (Å²) in [6.45, 7) is 5.84. The average Bonchev–Trinajstić information content (AvgIpc) is 3.11. The Labute approximate surface area is 189 Å². The molecule has 0 saturated heterocycles. The molecule has 33 heavy (non-hydrogen) atoms. The Hall–Kier alpha value is -3.75. The average molecular weight is 455 g/mol. The number of H-pyrrole nitrogens is 1. The van der Waals surface area contributed by atoms with E-state index >= 15 is 0 Å². The molecule has 0 fully saturated rings. The minimum absolute atomic E-state index is 0.0361. The van der Waals surface area contributed by atoms with Gasteiger partial charge in [-0.2, -0.15) is 4.98 Å². The highest BCUT2D eigenvalue weighted by Crippen LogP contribution is 2.40. The van der Waals surface area contributed by atoms with Crippen LogP contribution in [0.5, 0.6) is 5.88 Å². The number of rotatable bonds is 4. The van der Waals surface area contributed by atoms with Crippen LogP contribution in [0, 0.1) is 11.6 Å². The number of aromatic amines is 1. The fourth-order valence-electron chi connectivity index (χ4n) is 4.13. The van der Waals surface area contributed by atoms with Crippen LogP contribution in [0.4, 0.5) is 8.78 Å². The van der Waals surface area contributed by atoms with Crippen molar-refractivity contribution in [1.29, 1.82) is 0 Å². The molecule has 0 spiro atoms. The van der Waals surface area contributed by atoms with Crippen LogP contribution in [0.15, 0.2) is 36.5 Å². The van der Waals surface area contributed by atoms with Crippen molar-refractivity contribution in [3.8, 4) is 5.88 Å². The van der Waals surface area contributed by atoms with Crippen molar-refractivity contribution in [3.63, 3.8) is 0 Å². The summed E-state index contributed by atoms with van der Waals surface area (Å²) in [5, 5.41) is 0.771. The van der Waals surface area contributed by atoms with Crippen molar-refractivity contribution >= 4 is 28.5 Å². The van der Waals surface area contributed by atoms with Gasteiger partial charge in [0.25, 0.3) is 5.91 Å². The van der Waals surface area contributed by atoms with Crippen LogP contribution in [-0.2, 0) is 14.9 Å². The molecule has 1 N–H and O–H groups in total. The monoisotopic (exact) mass is 455 g/mol. The first kappa shape index (κ1) is 22.4. The summed E-state index contributed by atoms with van der Waals surface area (Å²) >= 11 is 0. The molecule has 3 heterocycles. The normalized spacial score (nSPS) is 15.0. The minimum Gasteiger partial charge on any atom is -0.481 e. The lowest BCUT2D eigenvalue weighted by molar-refractivity contribution is -0.136. The third kappa shape index (κ3) is 3.94. The summed E-state index contributed by atoms with van der Waals surface area (Å²) in [4.78, 5) is 35.1. The number of nitrogens with one attached hydrogen (secondary N) is 1. The Kier molecular flexibility index (Phi) is 5.65. The molecule has 0 radical (unpaired) electrons. The number of aromatic nitrogens is 2. The van der Waals surface area contributed by atoms with Gasteiger partial charge in [0.05, 0.1) is 25.0 Å². The Bertz CT molecular complexity index is 1300. The number of ether oxygens (including phenoxy) is 2. The quantitative estimate of drug-likeness (QED) is 0.597. The van der Waals surface area contributed by atoms with E-state index in [4.69, 9.17) is 9.47 Å². The van der Waals surface area contributed by atoms with Crippen molar-refractivity contribution in [2.24, 2.45) is 0 Å². The molecule has 3 aromatic rings. The van der Waals surface area contributed by atoms with Gasteiger partial charge in [-0.1, -0.05) is 13.8 Å². The van der Waals surface area contributed by atoms with Crippen molar-refractivity contribution in [3.05, 3.63) is 65.0 Å². The molecule has 2 aromatic heterocycles. The first-order chi connectivity index (χ1) is 15.7. The highest BCUT2D eigenvalue weighted by Gasteiger charge is 2.38. The van der Waals surface area contributed by atoms with Crippen molar-refractivity contribution < 1.29 is 27.8 Å². The predicted molar refractivity (Wildman–Crippen MR) is 118 cm³/mol. The number of hydrogen-bond acceptors (Lipinski definition) is 5. The molecule has 7 nitrogen and oxygen atoms in total. The van der Waals surface area contributed by atoms with Gasteiger partial charge in [-0.25, -0.2) is 13.6 Å². The number of carbonyl (C=O) groups excluding carboxylic acids is 2. The maximum Gasteiger partial charge on any atom is 0.341 e. The van der Waals surface area contributed by atoms with Crippen molar-refractivity contribution in [1.82, 2.24) is 14.9 Å². The Morgan fingerprint density at radius 1 is 1.18 bits per heavy atom. The molecule has 1 amide bonds. The van der Waals surface area contributed by atoms with Gasteiger partial charge >= 0.3 is 5.97 Å². The molecular formula is C24H23F2N3O4. The van der Waals surface area contributed by atoms with Crippen LogP contribution in [0.25, 0.3) is 16.6 Å². The molecule has 0 atom stereocenters. The van der Waals surface area contributed by atoms with Crippen LogP contribution >= 0.6 is 0 Å². The minimum atomic E-state index is -1.12.